The van der Waals surface area contributed by atoms with Crippen LogP contribution in [-0.4, -0.2) is 55.3 Å². The molecular weight excluding hydrogens is 387 g/mol. The molecule has 3 unspecified atom stereocenters. The molecule has 0 rings (SSSR count). The largest absolute Gasteiger partial charge is 0.677 e. The first-order valence-corrected chi connectivity index (χ1v) is 8.74. The van der Waals surface area contributed by atoms with Crippen molar-refractivity contribution in [2.75, 3.05) is 7.11 Å². The fourth-order valence-corrected chi connectivity index (χ4v) is 3.29. The van der Waals surface area contributed by atoms with Gasteiger partial charge in [0.15, 0.2) is 0 Å². The van der Waals surface area contributed by atoms with Crippen LogP contribution in [0.4, 0.5) is 0 Å². The maximum absolute atomic E-state index is 10.4. The van der Waals surface area contributed by atoms with Crippen molar-refractivity contribution >= 4 is 9.05 Å². The van der Waals surface area contributed by atoms with E-state index in [2.05, 4.69) is 0 Å². The number of rotatable bonds is 9. The van der Waals surface area contributed by atoms with Gasteiger partial charge >= 0.3 is 9.05 Å². The minimum Gasteiger partial charge on any atom is -0.412 e. The molecule has 7 nitrogen and oxygen atoms in total. The summed E-state index contributed by atoms with van der Waals surface area (Å²) >= 11 is 0. The van der Waals surface area contributed by atoms with Gasteiger partial charge in [0.1, 0.15) is 0 Å². The van der Waals surface area contributed by atoms with Crippen LogP contribution in [0, 0.1) is 0 Å². The Hall–Kier alpha value is 0.820. The second kappa shape index (κ2) is 19.9. The van der Waals surface area contributed by atoms with Crippen LogP contribution in [0.15, 0.2) is 0 Å². The number of hydrogen-bond donors (Lipinski definition) is 2. The van der Waals surface area contributed by atoms with E-state index >= 15 is 0 Å². The molecule has 0 aliphatic rings. The zero-order valence-corrected chi connectivity index (χ0v) is 18.4. The Morgan fingerprint density at radius 2 is 0.909 bits per heavy atom. The van der Waals surface area contributed by atoms with Gasteiger partial charge in [-0.3, -0.25) is 0 Å². The van der Waals surface area contributed by atoms with Gasteiger partial charge in [0.25, 0.3) is 0 Å². The molecular formula is C13H36O7SiZr. The van der Waals surface area contributed by atoms with Crippen molar-refractivity contribution in [1.29, 1.82) is 0 Å². The second-order valence-electron chi connectivity index (χ2n) is 4.53. The van der Waals surface area contributed by atoms with Crippen LogP contribution in [0.5, 0.6) is 0 Å². The molecule has 9 heteroatoms. The van der Waals surface area contributed by atoms with Gasteiger partial charge in [-0.15, -0.1) is 0 Å². The van der Waals surface area contributed by atoms with Crippen LogP contribution in [0.25, 0.3) is 0 Å². The fourth-order valence-electron chi connectivity index (χ4n) is 1.10. The van der Waals surface area contributed by atoms with E-state index in [4.69, 9.17) is 18.4 Å². The average molecular weight is 424 g/mol. The molecule has 3 atom stereocenters. The molecule has 0 aromatic rings. The van der Waals surface area contributed by atoms with Crippen LogP contribution >= 0.6 is 0 Å². The summed E-state index contributed by atoms with van der Waals surface area (Å²) in [6.45, 7) is 11.8. The summed E-state index contributed by atoms with van der Waals surface area (Å²) in [6, 6.07) is 0. The molecule has 0 aliphatic carbocycles. The summed E-state index contributed by atoms with van der Waals surface area (Å²) < 4.78 is 16.7. The Labute approximate surface area is 155 Å². The molecule has 0 amide bonds. The van der Waals surface area contributed by atoms with Gasteiger partial charge in [0, 0.05) is 51.6 Å². The fraction of sp³-hybridized carbons (Fsp3) is 1.00. The van der Waals surface area contributed by atoms with Crippen molar-refractivity contribution < 1.29 is 60.3 Å². The quantitative estimate of drug-likeness (QED) is 0.530. The number of aliphatic hydroxyl groups excluding tert-OH is 1. The molecule has 0 heterocycles. The van der Waals surface area contributed by atoms with Gasteiger partial charge in [0.2, 0.25) is 0 Å². The van der Waals surface area contributed by atoms with Crippen molar-refractivity contribution in [3.63, 3.8) is 0 Å². The first-order valence-electron chi connectivity index (χ1n) is 7.07. The Kier molecular flexibility index (Phi) is 30.9. The predicted octanol–water partition coefficient (Wildman–Crippen LogP) is 0.816. The van der Waals surface area contributed by atoms with Crippen LogP contribution in [0.1, 0.15) is 60.8 Å². The van der Waals surface area contributed by atoms with Crippen LogP contribution < -0.4 is 0 Å². The third-order valence-electron chi connectivity index (χ3n) is 2.78. The van der Waals surface area contributed by atoms with Crippen LogP contribution in [-0.2, 0) is 39.5 Å². The molecule has 6 N–H and O–H groups in total. The van der Waals surface area contributed by atoms with Crippen molar-refractivity contribution in [3.05, 3.63) is 0 Å². The number of hydrogen-bond acceptors (Lipinski definition) is 5. The van der Waals surface area contributed by atoms with Gasteiger partial charge in [0.05, 0.1) is 0 Å². The predicted molar refractivity (Wildman–Crippen MR) is 85.9 cm³/mol. The summed E-state index contributed by atoms with van der Waals surface area (Å²) in [7, 11) is -2.50. The van der Waals surface area contributed by atoms with Crippen LogP contribution in [0.3, 0.4) is 0 Å². The SMILES string of the molecule is CCC(C)O[Si](O)(OC(C)CC)OC(C)CC.CO.O.O.[Zr]. The normalized spacial score (nSPS) is 16.2. The van der Waals surface area contributed by atoms with Gasteiger partial charge in [-0.1, -0.05) is 20.8 Å². The smallest absolute Gasteiger partial charge is 0.412 e. The molecule has 138 valence electrons. The Morgan fingerprint density at radius 1 is 0.727 bits per heavy atom. The topological polar surface area (TPSA) is 131 Å². The van der Waals surface area contributed by atoms with E-state index < -0.39 is 9.05 Å². The van der Waals surface area contributed by atoms with E-state index in [9.17, 15) is 4.80 Å². The van der Waals surface area contributed by atoms with E-state index in [0.29, 0.717) is 0 Å². The Morgan fingerprint density at radius 3 is 1.05 bits per heavy atom. The third-order valence-corrected chi connectivity index (χ3v) is 4.88. The van der Waals surface area contributed by atoms with Crippen LogP contribution in [0.2, 0.25) is 0 Å². The standard InChI is InChI=1S/C12H28O4Si.CH4O.2H2O.Zr/c1-7-10(4)14-17(13,15-11(5)8-2)16-12(6)9-3;1-2;;;/h10-13H,7-9H2,1-6H3;2H,1H3;2*1H2;. The second-order valence-corrected chi connectivity index (χ2v) is 6.29. The van der Waals surface area contributed by atoms with Crippen molar-refractivity contribution in [3.8, 4) is 0 Å². The molecule has 0 aliphatic heterocycles. The number of aliphatic hydroxyl groups is 1. The summed E-state index contributed by atoms with van der Waals surface area (Å²) in [5, 5.41) is 7.00. The monoisotopic (exact) mass is 422 g/mol. The maximum atomic E-state index is 10.4. The van der Waals surface area contributed by atoms with E-state index in [0.717, 1.165) is 26.4 Å². The summed E-state index contributed by atoms with van der Waals surface area (Å²) in [4.78, 5) is 10.4. The molecule has 0 saturated heterocycles. The first kappa shape index (κ1) is 34.2. The zero-order chi connectivity index (χ0) is 15.5. The summed E-state index contributed by atoms with van der Waals surface area (Å²) in [6.07, 6.45) is 2.30. The molecule has 0 spiro atoms. The van der Waals surface area contributed by atoms with Crippen molar-refractivity contribution in [2.45, 2.75) is 79.1 Å². The van der Waals surface area contributed by atoms with E-state index in [1.54, 1.807) is 0 Å². The Balaban J connectivity index is -0.000000184. The minimum atomic E-state index is -3.50. The van der Waals surface area contributed by atoms with Crippen molar-refractivity contribution in [2.24, 2.45) is 0 Å². The average Bonchev–Trinajstić information content (AvgIpc) is 2.39. The maximum Gasteiger partial charge on any atom is 0.677 e. The van der Waals surface area contributed by atoms with E-state index in [1.807, 2.05) is 41.5 Å². The van der Waals surface area contributed by atoms with E-state index in [-0.39, 0.29) is 55.5 Å². The Bertz CT molecular complexity index is 182. The zero-order valence-electron chi connectivity index (χ0n) is 15.0. The van der Waals surface area contributed by atoms with Crippen molar-refractivity contribution in [1.82, 2.24) is 0 Å². The minimum absolute atomic E-state index is 0. The van der Waals surface area contributed by atoms with Gasteiger partial charge in [-0.2, -0.15) is 0 Å². The van der Waals surface area contributed by atoms with Gasteiger partial charge in [-0.05, 0) is 40.0 Å². The summed E-state index contributed by atoms with van der Waals surface area (Å²) in [5.41, 5.74) is 0. The van der Waals surface area contributed by atoms with Gasteiger partial charge in [-0.25, -0.2) is 0 Å². The van der Waals surface area contributed by atoms with E-state index in [1.165, 1.54) is 0 Å². The summed E-state index contributed by atoms with van der Waals surface area (Å²) in [5.74, 6) is 0. The molecule has 0 fully saturated rings. The first-order chi connectivity index (χ1) is 8.86. The molecule has 0 radical (unpaired) electrons. The molecule has 0 aromatic carbocycles. The molecule has 0 bridgehead atoms. The third kappa shape index (κ3) is 17.2. The molecule has 0 aromatic heterocycles. The molecule has 22 heavy (non-hydrogen) atoms. The van der Waals surface area contributed by atoms with Gasteiger partial charge < -0.3 is 34.1 Å². The molecule has 0 saturated carbocycles.